The molecule has 6 fully saturated rings. The van der Waals surface area contributed by atoms with Crippen molar-refractivity contribution in [3.05, 3.63) is 23.5 Å². The number of ether oxygens (including phenoxy) is 6. The summed E-state index contributed by atoms with van der Waals surface area (Å²) in [6.07, 6.45) is 7.57. The maximum absolute atomic E-state index is 12.7. The standard InChI is InChI=1S/C23H27NO7S/c1-5-6-8-20-14-7-9-24(20)13-10-15(20)27-21(14)16(13)12(3)22(31-21)23(30-19(32)29-22)17(26-4)11(2)18(25)28-23/h6,8,12-16H,5,7,9-10H2,1-4H3/b8-6+/t12?,13?,14?,15?,16?,20?,21?,22-,23+/m1/s1. The van der Waals surface area contributed by atoms with Crippen molar-refractivity contribution in [2.24, 2.45) is 17.8 Å². The first-order valence-electron chi connectivity index (χ1n) is 11.5. The zero-order valence-electron chi connectivity index (χ0n) is 18.6. The molecule has 0 saturated carbocycles. The van der Waals surface area contributed by atoms with Gasteiger partial charge < -0.3 is 28.4 Å². The van der Waals surface area contributed by atoms with Gasteiger partial charge in [0.1, 0.15) is 0 Å². The molecule has 0 radical (unpaired) electrons. The first kappa shape index (κ1) is 19.8. The van der Waals surface area contributed by atoms with Crippen LogP contribution in [0.25, 0.3) is 0 Å². The Bertz CT molecular complexity index is 1030. The van der Waals surface area contributed by atoms with E-state index in [0.29, 0.717) is 5.57 Å². The Labute approximate surface area is 191 Å². The summed E-state index contributed by atoms with van der Waals surface area (Å²) in [6.45, 7) is 6.90. The van der Waals surface area contributed by atoms with Crippen molar-refractivity contribution in [1.29, 1.82) is 0 Å². The SMILES string of the molecule is CC/C=C/C12C3CC4C5C(C)[C@@]6(OC(=S)O[C@]67OC(=O)C(C)=C7OC)OC5(O3)C1CCN42. The molecule has 6 saturated heterocycles. The molecule has 7 heterocycles. The maximum Gasteiger partial charge on any atom is 0.384 e. The smallest absolute Gasteiger partial charge is 0.384 e. The van der Waals surface area contributed by atoms with E-state index in [1.807, 2.05) is 0 Å². The third kappa shape index (κ3) is 1.71. The van der Waals surface area contributed by atoms with Crippen LogP contribution in [0.1, 0.15) is 40.0 Å². The Morgan fingerprint density at radius 1 is 1.31 bits per heavy atom. The number of allylic oxidation sites excluding steroid dienone is 1. The molecule has 8 nitrogen and oxygen atoms in total. The normalized spacial score (nSPS) is 56.1. The van der Waals surface area contributed by atoms with E-state index in [0.717, 1.165) is 25.8 Å². The number of fused-ring (bicyclic) bond motifs is 2. The molecule has 0 aromatic rings. The first-order valence-corrected chi connectivity index (χ1v) is 11.9. The number of carbonyl (C=O) groups excluding carboxylic acids is 1. The Kier molecular flexibility index (Phi) is 3.51. The van der Waals surface area contributed by atoms with Crippen LogP contribution in [0, 0.1) is 17.8 Å². The Morgan fingerprint density at radius 3 is 2.88 bits per heavy atom. The predicted molar refractivity (Wildman–Crippen MR) is 113 cm³/mol. The Balaban J connectivity index is 1.41. The van der Waals surface area contributed by atoms with Crippen LogP contribution in [0.3, 0.4) is 0 Å². The fourth-order valence-corrected chi connectivity index (χ4v) is 8.52. The average Bonchev–Trinajstić information content (AvgIpc) is 3.48. The van der Waals surface area contributed by atoms with Crippen LogP contribution in [0.2, 0.25) is 0 Å². The zero-order chi connectivity index (χ0) is 22.3. The number of thiocarbonyl (C=S) groups is 1. The molecule has 8 unspecified atom stereocenters. The number of rotatable bonds is 3. The molecular weight excluding hydrogens is 434 g/mol. The van der Waals surface area contributed by atoms with Gasteiger partial charge in [0.25, 0.3) is 0 Å². The van der Waals surface area contributed by atoms with Gasteiger partial charge in [-0.25, -0.2) is 4.79 Å². The minimum Gasteiger partial charge on any atom is -0.493 e. The molecular formula is C23H27NO7S. The molecule has 0 N–H and O–H groups in total. The number of piperidine rings is 1. The van der Waals surface area contributed by atoms with Gasteiger partial charge in [-0.1, -0.05) is 26.0 Å². The van der Waals surface area contributed by atoms with Crippen molar-refractivity contribution in [3.8, 4) is 0 Å². The molecule has 3 spiro atoms. The van der Waals surface area contributed by atoms with Crippen LogP contribution in [0.5, 0.6) is 0 Å². The van der Waals surface area contributed by atoms with E-state index < -0.39 is 23.3 Å². The summed E-state index contributed by atoms with van der Waals surface area (Å²) in [4.78, 5) is 15.3. The van der Waals surface area contributed by atoms with Gasteiger partial charge >= 0.3 is 22.8 Å². The molecule has 9 heteroatoms. The van der Waals surface area contributed by atoms with E-state index >= 15 is 0 Å². The summed E-state index contributed by atoms with van der Waals surface area (Å²) in [5, 5.41) is -0.114. The highest BCUT2D eigenvalue weighted by Gasteiger charge is 2.91. The summed E-state index contributed by atoms with van der Waals surface area (Å²) < 4.78 is 37.4. The highest BCUT2D eigenvalue weighted by molar-refractivity contribution is 7.79. The lowest BCUT2D eigenvalue weighted by Crippen LogP contribution is -2.60. The highest BCUT2D eigenvalue weighted by Crippen LogP contribution is 2.75. The van der Waals surface area contributed by atoms with Gasteiger partial charge in [0.15, 0.2) is 11.5 Å². The lowest BCUT2D eigenvalue weighted by atomic mass is 9.69. The van der Waals surface area contributed by atoms with Gasteiger partial charge in [0.2, 0.25) is 0 Å². The average molecular weight is 462 g/mol. The van der Waals surface area contributed by atoms with Crippen LogP contribution in [0.4, 0.5) is 0 Å². The van der Waals surface area contributed by atoms with Gasteiger partial charge in [-0.15, -0.1) is 0 Å². The second-order valence-electron chi connectivity index (χ2n) is 10.1. The van der Waals surface area contributed by atoms with Crippen LogP contribution in [0.15, 0.2) is 23.5 Å². The van der Waals surface area contributed by atoms with Crippen molar-refractivity contribution < 1.29 is 33.2 Å². The zero-order valence-corrected chi connectivity index (χ0v) is 19.4. The van der Waals surface area contributed by atoms with Crippen molar-refractivity contribution in [2.75, 3.05) is 13.7 Å². The molecule has 0 amide bonds. The minimum absolute atomic E-state index is 0.0241. The largest absolute Gasteiger partial charge is 0.493 e. The van der Waals surface area contributed by atoms with Gasteiger partial charge in [-0.05, 0) is 32.7 Å². The number of carbonyl (C=O) groups is 1. The molecule has 172 valence electrons. The summed E-state index contributed by atoms with van der Waals surface area (Å²) in [7, 11) is 1.49. The summed E-state index contributed by atoms with van der Waals surface area (Å²) >= 11 is 5.35. The molecule has 7 aliphatic rings. The fraction of sp³-hybridized carbons (Fsp3) is 0.739. The van der Waals surface area contributed by atoms with Crippen LogP contribution in [-0.2, 0) is 33.2 Å². The monoisotopic (exact) mass is 461 g/mol. The second-order valence-corrected chi connectivity index (χ2v) is 10.4. The van der Waals surface area contributed by atoms with Crippen molar-refractivity contribution in [2.45, 2.75) is 75.1 Å². The summed E-state index contributed by atoms with van der Waals surface area (Å²) in [5.74, 6) is -4.37. The van der Waals surface area contributed by atoms with E-state index in [2.05, 4.69) is 30.9 Å². The van der Waals surface area contributed by atoms with Gasteiger partial charge in [0.05, 0.1) is 24.3 Å². The molecule has 10 atom stereocenters. The third-order valence-corrected chi connectivity index (χ3v) is 9.32. The molecule has 5 bridgehead atoms. The van der Waals surface area contributed by atoms with E-state index in [1.54, 1.807) is 6.92 Å². The van der Waals surface area contributed by atoms with Gasteiger partial charge in [0, 0.05) is 36.0 Å². The Hall–Kier alpha value is -1.68. The quantitative estimate of drug-likeness (QED) is 0.358. The lowest BCUT2D eigenvalue weighted by Gasteiger charge is -2.47. The molecule has 0 aromatic heterocycles. The number of hydrogen-bond donors (Lipinski definition) is 0. The predicted octanol–water partition coefficient (Wildman–Crippen LogP) is 2.38. The van der Waals surface area contributed by atoms with E-state index in [1.165, 1.54) is 7.11 Å². The van der Waals surface area contributed by atoms with Crippen LogP contribution >= 0.6 is 12.2 Å². The fourth-order valence-electron chi connectivity index (χ4n) is 8.28. The maximum atomic E-state index is 12.7. The molecule has 7 rings (SSSR count). The third-order valence-electron chi connectivity index (χ3n) is 9.15. The number of esters is 1. The number of hydrogen-bond acceptors (Lipinski definition) is 9. The van der Waals surface area contributed by atoms with Gasteiger partial charge in [-0.3, -0.25) is 4.90 Å². The first-order chi connectivity index (χ1) is 15.3. The van der Waals surface area contributed by atoms with Crippen LogP contribution in [-0.4, -0.2) is 64.8 Å². The number of nitrogens with zero attached hydrogens (tertiary/aromatic N) is 1. The van der Waals surface area contributed by atoms with Crippen LogP contribution < -0.4 is 0 Å². The Morgan fingerprint density at radius 2 is 2.12 bits per heavy atom. The van der Waals surface area contributed by atoms with Crippen molar-refractivity contribution >= 4 is 23.4 Å². The number of methoxy groups -OCH3 is 1. The van der Waals surface area contributed by atoms with Gasteiger partial charge in [-0.2, -0.15) is 0 Å². The van der Waals surface area contributed by atoms with E-state index in [9.17, 15) is 4.79 Å². The minimum atomic E-state index is -1.71. The van der Waals surface area contributed by atoms with E-state index in [-0.39, 0.29) is 46.4 Å². The molecule has 7 aliphatic heterocycles. The second kappa shape index (κ2) is 5.68. The summed E-state index contributed by atoms with van der Waals surface area (Å²) in [5.41, 5.74) is 0.170. The molecule has 32 heavy (non-hydrogen) atoms. The molecule has 0 aliphatic carbocycles. The van der Waals surface area contributed by atoms with E-state index in [4.69, 9.17) is 40.6 Å². The van der Waals surface area contributed by atoms with Crippen molar-refractivity contribution in [3.63, 3.8) is 0 Å². The molecule has 0 aromatic carbocycles. The highest BCUT2D eigenvalue weighted by atomic mass is 32.1. The summed E-state index contributed by atoms with van der Waals surface area (Å²) in [6, 6.07) is 0.284. The van der Waals surface area contributed by atoms with Crippen molar-refractivity contribution in [1.82, 2.24) is 4.90 Å². The topological polar surface area (TPSA) is 75.7 Å². The lowest BCUT2D eigenvalue weighted by molar-refractivity contribution is -0.369.